The number of hydrogen-bond donors (Lipinski definition) is 2. The third-order valence-corrected chi connectivity index (χ3v) is 2.07. The van der Waals surface area contributed by atoms with Crippen LogP contribution in [0.25, 0.3) is 0 Å². The molecule has 0 aromatic carbocycles. The molecule has 4 nitrogen and oxygen atoms in total. The van der Waals surface area contributed by atoms with Crippen LogP contribution < -0.4 is 0 Å². The van der Waals surface area contributed by atoms with E-state index in [2.05, 4.69) is 0 Å². The molecule has 62 valence electrons. The van der Waals surface area contributed by atoms with Crippen LogP contribution in [-0.2, 0) is 9.47 Å². The zero-order valence-electron chi connectivity index (χ0n) is 5.86. The third kappa shape index (κ3) is 1.28. The fraction of sp³-hybridized carbons (Fsp3) is 0.833. The predicted octanol–water partition coefficient (Wildman–Crippen LogP) is -1.33. The largest absolute Gasteiger partial charge is 0.540 e. The van der Waals surface area contributed by atoms with Crippen LogP contribution in [0.1, 0.15) is 0 Å². The molecule has 2 N–H and O–H groups in total. The van der Waals surface area contributed by atoms with Gasteiger partial charge in [-0.3, -0.25) is 0 Å². The molecular weight excluding hydrogens is 374 g/mol. The van der Waals surface area contributed by atoms with Gasteiger partial charge in [-0.15, -0.1) is 0 Å². The molecule has 2 heterocycles. The Kier molecular flexibility index (Phi) is 3.02. The molecular formula is C6H9O4U-. The SMILES string of the molecule is OC[C@]12COC([CH-]O1)[C@@H]2O.[U]. The Bertz CT molecular complexity index is 144. The molecule has 1 unspecified atom stereocenters. The number of fused-ring (bicyclic) bond motifs is 2. The molecule has 2 aliphatic heterocycles. The van der Waals surface area contributed by atoms with Gasteiger partial charge in [-0.25, -0.2) is 0 Å². The number of aliphatic hydroxyl groups excluding tert-OH is 2. The van der Waals surface area contributed by atoms with E-state index < -0.39 is 11.7 Å². The molecule has 0 aromatic rings. The molecule has 3 atom stereocenters. The molecule has 2 saturated heterocycles. The second-order valence-electron chi connectivity index (χ2n) is 2.70. The van der Waals surface area contributed by atoms with Gasteiger partial charge in [0.2, 0.25) is 0 Å². The number of hydrogen-bond acceptors (Lipinski definition) is 4. The van der Waals surface area contributed by atoms with E-state index in [1.165, 1.54) is 6.61 Å². The van der Waals surface area contributed by atoms with Crippen LogP contribution in [0, 0.1) is 37.7 Å². The molecule has 2 fully saturated rings. The molecule has 5 heteroatoms. The first-order valence-corrected chi connectivity index (χ1v) is 3.20. The summed E-state index contributed by atoms with van der Waals surface area (Å²) in [5.74, 6) is 0. The van der Waals surface area contributed by atoms with Crippen LogP contribution in [0.4, 0.5) is 0 Å². The summed E-state index contributed by atoms with van der Waals surface area (Å²) in [5, 5.41) is 18.2. The summed E-state index contributed by atoms with van der Waals surface area (Å²) in [7, 11) is 0. The van der Waals surface area contributed by atoms with Crippen LogP contribution in [0.3, 0.4) is 0 Å². The van der Waals surface area contributed by atoms with Crippen LogP contribution in [0.2, 0.25) is 0 Å². The molecule has 11 heavy (non-hydrogen) atoms. The topological polar surface area (TPSA) is 58.9 Å². The Hall–Kier alpha value is 0.892. The van der Waals surface area contributed by atoms with E-state index in [0.29, 0.717) is 0 Å². The summed E-state index contributed by atoms with van der Waals surface area (Å²) in [6, 6.07) is 0. The van der Waals surface area contributed by atoms with Crippen molar-refractivity contribution in [3.05, 3.63) is 6.61 Å². The first-order chi connectivity index (χ1) is 4.78. The maximum Gasteiger partial charge on any atom is 0.109 e. The van der Waals surface area contributed by atoms with Crippen molar-refractivity contribution in [3.8, 4) is 0 Å². The standard InChI is InChI=1S/C6H9O4.U/c7-2-6-3-9-4(1-10-6)5(6)8;/h1,4-5,7-8H,2-3H2;/q-1;/t4?,5-,6+;/m0./s1. The van der Waals surface area contributed by atoms with Crippen LogP contribution in [0.5, 0.6) is 0 Å². The van der Waals surface area contributed by atoms with Crippen LogP contribution >= 0.6 is 0 Å². The van der Waals surface area contributed by atoms with Crippen LogP contribution in [0.15, 0.2) is 0 Å². The Labute approximate surface area is 88.2 Å². The summed E-state index contributed by atoms with van der Waals surface area (Å²) in [4.78, 5) is 0. The smallest absolute Gasteiger partial charge is 0.109 e. The van der Waals surface area contributed by atoms with Gasteiger partial charge in [0.05, 0.1) is 19.3 Å². The average molecular weight is 383 g/mol. The van der Waals surface area contributed by atoms with Crippen molar-refractivity contribution >= 4 is 0 Å². The van der Waals surface area contributed by atoms with Crippen molar-refractivity contribution in [2.75, 3.05) is 13.2 Å². The van der Waals surface area contributed by atoms with Gasteiger partial charge in [-0.1, -0.05) is 0 Å². The molecule has 0 spiro atoms. The van der Waals surface area contributed by atoms with Crippen molar-refractivity contribution in [2.45, 2.75) is 17.8 Å². The maximum absolute atomic E-state index is 9.34. The Balaban J connectivity index is 0.000000605. The van der Waals surface area contributed by atoms with E-state index in [-0.39, 0.29) is 50.4 Å². The fourth-order valence-corrected chi connectivity index (χ4v) is 1.31. The first kappa shape index (κ1) is 9.98. The van der Waals surface area contributed by atoms with E-state index in [9.17, 15) is 5.11 Å². The van der Waals surface area contributed by atoms with Crippen molar-refractivity contribution in [2.24, 2.45) is 0 Å². The molecule has 2 rings (SSSR count). The van der Waals surface area contributed by atoms with E-state index in [1.54, 1.807) is 0 Å². The summed E-state index contributed by atoms with van der Waals surface area (Å²) in [6.45, 7) is 1.53. The van der Waals surface area contributed by atoms with Gasteiger partial charge < -0.3 is 19.7 Å². The second kappa shape index (κ2) is 3.33. The molecule has 2 bridgehead atoms. The van der Waals surface area contributed by atoms with E-state index in [4.69, 9.17) is 14.6 Å². The zero-order valence-corrected chi connectivity index (χ0v) is 10.0. The third-order valence-electron chi connectivity index (χ3n) is 2.07. The first-order valence-electron chi connectivity index (χ1n) is 3.20. The average Bonchev–Trinajstić information content (AvgIpc) is 2.46. The van der Waals surface area contributed by atoms with Gasteiger partial charge in [-0.05, 0) is 6.10 Å². The predicted molar refractivity (Wildman–Crippen MR) is 30.9 cm³/mol. The molecule has 0 aliphatic carbocycles. The van der Waals surface area contributed by atoms with Gasteiger partial charge in [0.1, 0.15) is 5.60 Å². The van der Waals surface area contributed by atoms with Gasteiger partial charge in [0, 0.05) is 31.1 Å². The van der Waals surface area contributed by atoms with Crippen molar-refractivity contribution < 1.29 is 50.8 Å². The summed E-state index contributed by atoms with van der Waals surface area (Å²) < 4.78 is 10.1. The van der Waals surface area contributed by atoms with Crippen molar-refractivity contribution in [3.63, 3.8) is 0 Å². The summed E-state index contributed by atoms with van der Waals surface area (Å²) in [5.41, 5.74) is -0.856. The quantitative estimate of drug-likeness (QED) is 0.551. The fourth-order valence-electron chi connectivity index (χ4n) is 1.31. The number of ether oxygens (including phenoxy) is 2. The molecule has 0 radical (unpaired) electrons. The Morgan fingerprint density at radius 1 is 1.64 bits per heavy atom. The van der Waals surface area contributed by atoms with Crippen LogP contribution in [-0.4, -0.2) is 41.2 Å². The van der Waals surface area contributed by atoms with E-state index >= 15 is 0 Å². The van der Waals surface area contributed by atoms with Crippen molar-refractivity contribution in [1.82, 2.24) is 0 Å². The minimum Gasteiger partial charge on any atom is -0.540 e. The summed E-state index contributed by atoms with van der Waals surface area (Å²) >= 11 is 0. The monoisotopic (exact) mass is 383 g/mol. The number of rotatable bonds is 1. The van der Waals surface area contributed by atoms with Crippen molar-refractivity contribution in [1.29, 1.82) is 0 Å². The zero-order chi connectivity index (χ0) is 7.19. The Morgan fingerprint density at radius 3 is 2.55 bits per heavy atom. The van der Waals surface area contributed by atoms with E-state index in [1.807, 2.05) is 0 Å². The molecule has 0 saturated carbocycles. The minimum atomic E-state index is -0.856. The van der Waals surface area contributed by atoms with Gasteiger partial charge in [0.25, 0.3) is 0 Å². The van der Waals surface area contributed by atoms with E-state index in [0.717, 1.165) is 0 Å². The number of aliphatic hydroxyl groups is 2. The minimum absolute atomic E-state index is 0. The van der Waals surface area contributed by atoms with Gasteiger partial charge in [0.15, 0.2) is 0 Å². The molecule has 0 aromatic heterocycles. The van der Waals surface area contributed by atoms with Gasteiger partial charge >= 0.3 is 0 Å². The molecule has 0 amide bonds. The molecule has 2 aliphatic rings. The second-order valence-corrected chi connectivity index (χ2v) is 2.70. The van der Waals surface area contributed by atoms with Gasteiger partial charge in [-0.2, -0.15) is 6.61 Å². The normalized spacial score (nSPS) is 47.5. The Morgan fingerprint density at radius 2 is 2.36 bits per heavy atom. The summed E-state index contributed by atoms with van der Waals surface area (Å²) in [6.07, 6.45) is -1.04. The maximum atomic E-state index is 9.34.